The molecule has 0 aromatic heterocycles. The summed E-state index contributed by atoms with van der Waals surface area (Å²) in [6, 6.07) is 8.06. The SMILES string of the molecule is CCC1NC(c2ccccc2Cl)=CC2=CNC(NC(=O)C3CC3)C=C21. The van der Waals surface area contributed by atoms with Gasteiger partial charge < -0.3 is 16.0 Å². The zero-order chi connectivity index (χ0) is 17.4. The predicted octanol–water partition coefficient (Wildman–Crippen LogP) is 3.33. The van der Waals surface area contributed by atoms with Gasteiger partial charge >= 0.3 is 0 Å². The number of amides is 1. The van der Waals surface area contributed by atoms with Gasteiger partial charge in [-0.05, 0) is 48.6 Å². The fourth-order valence-electron chi connectivity index (χ4n) is 3.35. The molecule has 4 rings (SSSR count). The Labute approximate surface area is 153 Å². The van der Waals surface area contributed by atoms with Crippen LogP contribution in [0.15, 0.2) is 53.8 Å². The van der Waals surface area contributed by atoms with Gasteiger partial charge in [-0.2, -0.15) is 0 Å². The third-order valence-corrected chi connectivity index (χ3v) is 5.25. The van der Waals surface area contributed by atoms with Crippen molar-refractivity contribution in [1.29, 1.82) is 0 Å². The number of halogens is 1. The van der Waals surface area contributed by atoms with Crippen molar-refractivity contribution >= 4 is 23.2 Å². The molecule has 0 bridgehead atoms. The number of carbonyl (C=O) groups is 1. The fourth-order valence-corrected chi connectivity index (χ4v) is 3.59. The first-order valence-electron chi connectivity index (χ1n) is 8.87. The molecular formula is C20H22ClN3O. The van der Waals surface area contributed by atoms with Crippen molar-refractivity contribution in [3.05, 3.63) is 64.3 Å². The van der Waals surface area contributed by atoms with E-state index in [1.807, 2.05) is 30.5 Å². The van der Waals surface area contributed by atoms with Crippen LogP contribution in [0.3, 0.4) is 0 Å². The van der Waals surface area contributed by atoms with E-state index in [1.54, 1.807) is 0 Å². The molecule has 1 fully saturated rings. The number of dihydropyridines is 1. The molecule has 1 aromatic rings. The van der Waals surface area contributed by atoms with Gasteiger partial charge in [-0.25, -0.2) is 0 Å². The minimum Gasteiger partial charge on any atom is -0.378 e. The minimum absolute atomic E-state index is 0.141. The summed E-state index contributed by atoms with van der Waals surface area (Å²) in [5, 5.41) is 10.7. The van der Waals surface area contributed by atoms with Crippen molar-refractivity contribution in [1.82, 2.24) is 16.0 Å². The van der Waals surface area contributed by atoms with Crippen LogP contribution in [-0.4, -0.2) is 18.1 Å². The predicted molar refractivity (Wildman–Crippen MR) is 101 cm³/mol. The lowest BCUT2D eigenvalue weighted by Crippen LogP contribution is -2.46. The summed E-state index contributed by atoms with van der Waals surface area (Å²) in [6.07, 6.45) is 9.07. The van der Waals surface area contributed by atoms with Gasteiger partial charge in [0.25, 0.3) is 0 Å². The van der Waals surface area contributed by atoms with Crippen LogP contribution >= 0.6 is 11.6 Å². The van der Waals surface area contributed by atoms with E-state index in [4.69, 9.17) is 11.6 Å². The molecule has 2 atom stereocenters. The van der Waals surface area contributed by atoms with Crippen molar-refractivity contribution in [3.8, 4) is 0 Å². The lowest BCUT2D eigenvalue weighted by Gasteiger charge is -2.34. The Balaban J connectivity index is 1.60. The number of benzene rings is 1. The van der Waals surface area contributed by atoms with Gasteiger partial charge in [-0.1, -0.05) is 36.7 Å². The van der Waals surface area contributed by atoms with E-state index in [1.165, 1.54) is 5.57 Å². The summed E-state index contributed by atoms with van der Waals surface area (Å²) in [5.74, 6) is 0.360. The van der Waals surface area contributed by atoms with Gasteiger partial charge in [-0.3, -0.25) is 4.79 Å². The monoisotopic (exact) mass is 355 g/mol. The van der Waals surface area contributed by atoms with Crippen molar-refractivity contribution in [2.45, 2.75) is 38.4 Å². The van der Waals surface area contributed by atoms with E-state index in [2.05, 4.69) is 35.0 Å². The van der Waals surface area contributed by atoms with Gasteiger partial charge in [0.05, 0.1) is 6.04 Å². The Hall–Kier alpha value is -2.20. The fraction of sp³-hybridized carbons (Fsp3) is 0.350. The average molecular weight is 356 g/mol. The van der Waals surface area contributed by atoms with Crippen LogP contribution in [0.1, 0.15) is 31.7 Å². The maximum atomic E-state index is 12.0. The van der Waals surface area contributed by atoms with Crippen molar-refractivity contribution < 1.29 is 4.79 Å². The van der Waals surface area contributed by atoms with Gasteiger partial charge in [0.1, 0.15) is 6.17 Å². The first-order chi connectivity index (χ1) is 12.2. The second kappa shape index (κ2) is 6.60. The molecule has 1 aliphatic carbocycles. The van der Waals surface area contributed by atoms with E-state index >= 15 is 0 Å². The first-order valence-corrected chi connectivity index (χ1v) is 9.25. The molecule has 130 valence electrons. The summed E-state index contributed by atoms with van der Waals surface area (Å²) < 4.78 is 0. The van der Waals surface area contributed by atoms with Crippen LogP contribution in [0.4, 0.5) is 0 Å². The normalized spacial score (nSPS) is 24.8. The Morgan fingerprint density at radius 1 is 1.32 bits per heavy atom. The van der Waals surface area contributed by atoms with Gasteiger partial charge in [0.2, 0.25) is 5.91 Å². The highest BCUT2D eigenvalue weighted by molar-refractivity contribution is 6.32. The van der Waals surface area contributed by atoms with Gasteiger partial charge in [0.15, 0.2) is 0 Å². The first kappa shape index (κ1) is 16.3. The zero-order valence-corrected chi connectivity index (χ0v) is 14.9. The average Bonchev–Trinajstić information content (AvgIpc) is 3.46. The number of allylic oxidation sites excluding steroid dienone is 1. The maximum Gasteiger partial charge on any atom is 0.224 e. The molecule has 25 heavy (non-hydrogen) atoms. The Morgan fingerprint density at radius 3 is 2.84 bits per heavy atom. The molecule has 3 aliphatic rings. The lowest BCUT2D eigenvalue weighted by atomic mass is 9.89. The molecule has 0 saturated heterocycles. The summed E-state index contributed by atoms with van der Waals surface area (Å²) >= 11 is 6.36. The number of rotatable bonds is 4. The smallest absolute Gasteiger partial charge is 0.224 e. The Bertz CT molecular complexity index is 792. The number of hydrogen-bond acceptors (Lipinski definition) is 3. The topological polar surface area (TPSA) is 53.2 Å². The van der Waals surface area contributed by atoms with Crippen LogP contribution in [0.5, 0.6) is 0 Å². The molecule has 5 heteroatoms. The second-order valence-corrected chi connectivity index (χ2v) is 7.20. The third kappa shape index (κ3) is 3.31. The van der Waals surface area contributed by atoms with Crippen molar-refractivity contribution in [2.24, 2.45) is 5.92 Å². The number of carbonyl (C=O) groups excluding carboxylic acids is 1. The van der Waals surface area contributed by atoms with E-state index in [9.17, 15) is 4.79 Å². The molecule has 3 N–H and O–H groups in total. The van der Waals surface area contributed by atoms with Crippen molar-refractivity contribution in [3.63, 3.8) is 0 Å². The molecule has 1 aromatic carbocycles. The molecule has 2 aliphatic heterocycles. The highest BCUT2D eigenvalue weighted by atomic mass is 35.5. The van der Waals surface area contributed by atoms with Crippen LogP contribution in [-0.2, 0) is 4.79 Å². The van der Waals surface area contributed by atoms with Gasteiger partial charge in [0, 0.05) is 28.4 Å². The molecule has 2 unspecified atom stereocenters. The third-order valence-electron chi connectivity index (χ3n) is 4.92. The molecule has 4 nitrogen and oxygen atoms in total. The van der Waals surface area contributed by atoms with Crippen LogP contribution in [0, 0.1) is 5.92 Å². The van der Waals surface area contributed by atoms with Gasteiger partial charge in [-0.15, -0.1) is 0 Å². The standard InChI is InChI=1S/C20H22ClN3O/c1-2-17-15-10-19(24-20(25)12-7-8-12)22-11-13(15)9-18(23-17)14-5-3-4-6-16(14)21/h3-6,9-12,17,19,22-23H,2,7-8H2,1H3,(H,24,25). The van der Waals surface area contributed by atoms with Crippen molar-refractivity contribution in [2.75, 3.05) is 0 Å². The number of hydrogen-bond donors (Lipinski definition) is 3. The number of nitrogens with one attached hydrogen (secondary N) is 3. The van der Waals surface area contributed by atoms with E-state index in [0.717, 1.165) is 41.1 Å². The highest BCUT2D eigenvalue weighted by Crippen LogP contribution is 2.33. The minimum atomic E-state index is -0.141. The Kier molecular flexibility index (Phi) is 4.30. The summed E-state index contributed by atoms with van der Waals surface area (Å²) in [7, 11) is 0. The zero-order valence-electron chi connectivity index (χ0n) is 14.2. The summed E-state index contributed by atoms with van der Waals surface area (Å²) in [6.45, 7) is 2.16. The van der Waals surface area contributed by atoms with E-state index in [-0.39, 0.29) is 24.0 Å². The lowest BCUT2D eigenvalue weighted by molar-refractivity contribution is -0.122. The summed E-state index contributed by atoms with van der Waals surface area (Å²) in [5.41, 5.74) is 4.39. The Morgan fingerprint density at radius 2 is 2.12 bits per heavy atom. The maximum absolute atomic E-state index is 12.0. The van der Waals surface area contributed by atoms with Crippen LogP contribution < -0.4 is 16.0 Å². The van der Waals surface area contributed by atoms with Crippen LogP contribution in [0.25, 0.3) is 5.70 Å². The summed E-state index contributed by atoms with van der Waals surface area (Å²) in [4.78, 5) is 12.0. The largest absolute Gasteiger partial charge is 0.378 e. The molecule has 0 spiro atoms. The van der Waals surface area contributed by atoms with E-state index in [0.29, 0.717) is 0 Å². The molecular weight excluding hydrogens is 334 g/mol. The molecule has 1 amide bonds. The molecule has 2 heterocycles. The highest BCUT2D eigenvalue weighted by Gasteiger charge is 2.32. The molecule has 0 radical (unpaired) electrons. The molecule has 1 saturated carbocycles. The number of fused-ring (bicyclic) bond motifs is 1. The van der Waals surface area contributed by atoms with Crippen LogP contribution in [0.2, 0.25) is 5.02 Å². The quantitative estimate of drug-likeness (QED) is 0.776. The van der Waals surface area contributed by atoms with E-state index < -0.39 is 0 Å². The second-order valence-electron chi connectivity index (χ2n) is 6.79.